The molecule has 78 valence electrons. The van der Waals surface area contributed by atoms with Crippen molar-refractivity contribution in [2.24, 2.45) is 5.73 Å². The molecule has 0 saturated carbocycles. The molecule has 0 aliphatic carbocycles. The quantitative estimate of drug-likeness (QED) is 0.716. The second-order valence-corrected chi connectivity index (χ2v) is 3.13. The van der Waals surface area contributed by atoms with Gasteiger partial charge in [0, 0.05) is 25.2 Å². The summed E-state index contributed by atoms with van der Waals surface area (Å²) in [6.07, 6.45) is 1.87. The first-order valence-electron chi connectivity index (χ1n) is 4.62. The van der Waals surface area contributed by atoms with Gasteiger partial charge in [-0.05, 0) is 13.0 Å². The standard InChI is InChI=1S/C9H15N3O2/c1-2-12-4-3-8(11-12)7(6-10)5-9(13)14/h3-4,7H,2,5-6,10H2,1H3,(H,13,14). The highest BCUT2D eigenvalue weighted by Gasteiger charge is 2.16. The van der Waals surface area contributed by atoms with E-state index in [1.54, 1.807) is 4.68 Å². The molecule has 0 radical (unpaired) electrons. The first-order chi connectivity index (χ1) is 6.67. The van der Waals surface area contributed by atoms with E-state index in [1.807, 2.05) is 19.2 Å². The summed E-state index contributed by atoms with van der Waals surface area (Å²) >= 11 is 0. The molecule has 1 atom stereocenters. The van der Waals surface area contributed by atoms with Crippen LogP contribution in [-0.2, 0) is 11.3 Å². The SMILES string of the molecule is CCn1ccc(C(CN)CC(=O)O)n1. The van der Waals surface area contributed by atoms with Gasteiger partial charge >= 0.3 is 5.97 Å². The molecule has 0 aliphatic heterocycles. The van der Waals surface area contributed by atoms with Crippen molar-refractivity contribution in [1.29, 1.82) is 0 Å². The van der Waals surface area contributed by atoms with Gasteiger partial charge in [-0.3, -0.25) is 9.48 Å². The molecular weight excluding hydrogens is 182 g/mol. The molecule has 0 amide bonds. The maximum atomic E-state index is 10.5. The zero-order valence-electron chi connectivity index (χ0n) is 8.18. The highest BCUT2D eigenvalue weighted by molar-refractivity contribution is 5.67. The van der Waals surface area contributed by atoms with Crippen molar-refractivity contribution >= 4 is 5.97 Å². The topological polar surface area (TPSA) is 81.1 Å². The number of aryl methyl sites for hydroxylation is 1. The van der Waals surface area contributed by atoms with Crippen molar-refractivity contribution in [3.63, 3.8) is 0 Å². The van der Waals surface area contributed by atoms with Gasteiger partial charge in [-0.15, -0.1) is 0 Å². The second kappa shape index (κ2) is 4.76. The van der Waals surface area contributed by atoms with Crippen LogP contribution in [0, 0.1) is 0 Å². The van der Waals surface area contributed by atoms with E-state index in [2.05, 4.69) is 5.10 Å². The van der Waals surface area contributed by atoms with Gasteiger partial charge in [0.1, 0.15) is 0 Å². The van der Waals surface area contributed by atoms with E-state index in [0.29, 0.717) is 6.54 Å². The van der Waals surface area contributed by atoms with Gasteiger partial charge < -0.3 is 10.8 Å². The maximum absolute atomic E-state index is 10.5. The Balaban J connectivity index is 2.73. The molecule has 0 fully saturated rings. The van der Waals surface area contributed by atoms with Crippen LogP contribution >= 0.6 is 0 Å². The van der Waals surface area contributed by atoms with Crippen LogP contribution in [0.15, 0.2) is 12.3 Å². The summed E-state index contributed by atoms with van der Waals surface area (Å²) in [7, 11) is 0. The molecule has 0 aliphatic rings. The number of carboxylic acids is 1. The van der Waals surface area contributed by atoms with E-state index in [0.717, 1.165) is 12.2 Å². The lowest BCUT2D eigenvalue weighted by atomic mass is 10.0. The lowest BCUT2D eigenvalue weighted by molar-refractivity contribution is -0.137. The van der Waals surface area contributed by atoms with Gasteiger partial charge in [-0.1, -0.05) is 0 Å². The van der Waals surface area contributed by atoms with Gasteiger partial charge in [-0.2, -0.15) is 5.10 Å². The third-order valence-electron chi connectivity index (χ3n) is 2.11. The van der Waals surface area contributed by atoms with E-state index in [4.69, 9.17) is 10.8 Å². The largest absolute Gasteiger partial charge is 0.481 e. The fraction of sp³-hybridized carbons (Fsp3) is 0.556. The molecular formula is C9H15N3O2. The molecule has 14 heavy (non-hydrogen) atoms. The average Bonchev–Trinajstić information content (AvgIpc) is 2.62. The van der Waals surface area contributed by atoms with E-state index in [9.17, 15) is 4.79 Å². The minimum atomic E-state index is -0.841. The predicted octanol–water partition coefficient (Wildman–Crippen LogP) is 0.420. The monoisotopic (exact) mass is 197 g/mol. The van der Waals surface area contributed by atoms with Crippen molar-refractivity contribution in [1.82, 2.24) is 9.78 Å². The number of nitrogens with zero attached hydrogens (tertiary/aromatic N) is 2. The third kappa shape index (κ3) is 2.56. The van der Waals surface area contributed by atoms with Crippen molar-refractivity contribution < 1.29 is 9.90 Å². The number of hydrogen-bond donors (Lipinski definition) is 2. The van der Waals surface area contributed by atoms with Crippen molar-refractivity contribution in [3.8, 4) is 0 Å². The van der Waals surface area contributed by atoms with E-state index in [-0.39, 0.29) is 12.3 Å². The smallest absolute Gasteiger partial charge is 0.304 e. The Kier molecular flexibility index (Phi) is 3.64. The van der Waals surface area contributed by atoms with Gasteiger partial charge in [0.15, 0.2) is 0 Å². The zero-order valence-corrected chi connectivity index (χ0v) is 8.18. The fourth-order valence-electron chi connectivity index (χ4n) is 1.29. The van der Waals surface area contributed by atoms with Crippen LogP contribution in [-0.4, -0.2) is 27.4 Å². The van der Waals surface area contributed by atoms with Gasteiger partial charge in [-0.25, -0.2) is 0 Å². The molecule has 0 spiro atoms. The van der Waals surface area contributed by atoms with Crippen LogP contribution in [0.5, 0.6) is 0 Å². The number of aliphatic carboxylic acids is 1. The lowest BCUT2D eigenvalue weighted by Gasteiger charge is -2.08. The van der Waals surface area contributed by atoms with Crippen molar-refractivity contribution in [2.45, 2.75) is 25.8 Å². The first kappa shape index (κ1) is 10.7. The molecule has 0 saturated heterocycles. The molecule has 5 nitrogen and oxygen atoms in total. The molecule has 0 bridgehead atoms. The van der Waals surface area contributed by atoms with Gasteiger partial charge in [0.25, 0.3) is 0 Å². The minimum Gasteiger partial charge on any atom is -0.481 e. The number of rotatable bonds is 5. The van der Waals surface area contributed by atoms with E-state index >= 15 is 0 Å². The summed E-state index contributed by atoms with van der Waals surface area (Å²) < 4.78 is 1.76. The molecule has 1 aromatic rings. The Labute approximate surface area is 82.5 Å². The normalized spacial score (nSPS) is 12.7. The molecule has 5 heteroatoms. The summed E-state index contributed by atoms with van der Waals surface area (Å²) in [6.45, 7) is 3.07. The Morgan fingerprint density at radius 3 is 2.93 bits per heavy atom. The number of carbonyl (C=O) groups is 1. The molecule has 1 rings (SSSR count). The van der Waals surface area contributed by atoms with Crippen LogP contribution < -0.4 is 5.73 Å². The molecule has 1 heterocycles. The summed E-state index contributed by atoms with van der Waals surface area (Å²) in [4.78, 5) is 10.5. The van der Waals surface area contributed by atoms with Gasteiger partial charge in [0.05, 0.1) is 12.1 Å². The molecule has 1 unspecified atom stereocenters. The first-order valence-corrected chi connectivity index (χ1v) is 4.62. The molecule has 0 aromatic carbocycles. The highest BCUT2D eigenvalue weighted by Crippen LogP contribution is 2.15. The summed E-state index contributed by atoms with van der Waals surface area (Å²) in [5, 5.41) is 12.9. The van der Waals surface area contributed by atoms with Crippen LogP contribution in [0.4, 0.5) is 0 Å². The second-order valence-electron chi connectivity index (χ2n) is 3.13. The van der Waals surface area contributed by atoms with Crippen LogP contribution in [0.25, 0.3) is 0 Å². The highest BCUT2D eigenvalue weighted by atomic mass is 16.4. The summed E-state index contributed by atoms with van der Waals surface area (Å²) in [5.74, 6) is -1.02. The third-order valence-corrected chi connectivity index (χ3v) is 2.11. The van der Waals surface area contributed by atoms with E-state index in [1.165, 1.54) is 0 Å². The fourth-order valence-corrected chi connectivity index (χ4v) is 1.29. The predicted molar refractivity (Wildman–Crippen MR) is 51.9 cm³/mol. The van der Waals surface area contributed by atoms with Crippen molar-refractivity contribution in [3.05, 3.63) is 18.0 Å². The number of carboxylic acid groups (broad SMARTS) is 1. The van der Waals surface area contributed by atoms with Crippen LogP contribution in [0.1, 0.15) is 25.0 Å². The molecule has 3 N–H and O–H groups in total. The summed E-state index contributed by atoms with van der Waals surface area (Å²) in [5.41, 5.74) is 6.25. The number of nitrogens with two attached hydrogens (primary N) is 1. The van der Waals surface area contributed by atoms with Crippen LogP contribution in [0.2, 0.25) is 0 Å². The Bertz CT molecular complexity index is 309. The average molecular weight is 197 g/mol. The Morgan fingerprint density at radius 2 is 2.50 bits per heavy atom. The van der Waals surface area contributed by atoms with Crippen molar-refractivity contribution in [2.75, 3.05) is 6.54 Å². The number of hydrogen-bond acceptors (Lipinski definition) is 3. The Morgan fingerprint density at radius 1 is 1.79 bits per heavy atom. The molecule has 1 aromatic heterocycles. The number of aromatic nitrogens is 2. The Hall–Kier alpha value is -1.36. The minimum absolute atomic E-state index is 0.0389. The summed E-state index contributed by atoms with van der Waals surface area (Å²) in [6, 6.07) is 1.82. The lowest BCUT2D eigenvalue weighted by Crippen LogP contribution is -2.17. The maximum Gasteiger partial charge on any atom is 0.304 e. The van der Waals surface area contributed by atoms with E-state index < -0.39 is 5.97 Å². The van der Waals surface area contributed by atoms with Crippen LogP contribution in [0.3, 0.4) is 0 Å². The zero-order chi connectivity index (χ0) is 10.6. The van der Waals surface area contributed by atoms with Gasteiger partial charge in [0.2, 0.25) is 0 Å².